The van der Waals surface area contributed by atoms with Crippen LogP contribution in [0.25, 0.3) is 11.3 Å². The molecule has 23 heavy (non-hydrogen) atoms. The topological polar surface area (TPSA) is 12.9 Å². The quantitative estimate of drug-likeness (QED) is 0.691. The molecule has 0 aliphatic rings. The van der Waals surface area contributed by atoms with Crippen LogP contribution in [-0.2, 0) is 6.37 Å². The maximum Gasteiger partial charge on any atom is 0.123 e. The highest BCUT2D eigenvalue weighted by Gasteiger charge is 2.24. The van der Waals surface area contributed by atoms with Crippen molar-refractivity contribution in [1.82, 2.24) is 4.98 Å². The SMILES string of the molecule is [2H]C([2H])([2H])c1cc(F)ccc1-c1cc(C([2H])([2H])C(C)(C)C)c([Si](C)(C)C)cn1. The Morgan fingerprint density at radius 2 is 1.91 bits per heavy atom. The Bertz CT molecular complexity index is 880. The van der Waals surface area contributed by atoms with Gasteiger partial charge in [-0.2, -0.15) is 0 Å². The van der Waals surface area contributed by atoms with Crippen LogP contribution in [0.5, 0.6) is 0 Å². The van der Waals surface area contributed by atoms with E-state index in [4.69, 9.17) is 6.85 Å². The fourth-order valence-corrected chi connectivity index (χ4v) is 3.84. The van der Waals surface area contributed by atoms with Crippen LogP contribution in [0.1, 0.15) is 38.8 Å². The van der Waals surface area contributed by atoms with Gasteiger partial charge in [-0.1, -0.05) is 40.4 Å². The molecule has 1 aromatic heterocycles. The molecule has 0 atom stereocenters. The van der Waals surface area contributed by atoms with Gasteiger partial charge in [0.25, 0.3) is 0 Å². The second kappa shape index (κ2) is 6.20. The minimum atomic E-state index is -2.50. The summed E-state index contributed by atoms with van der Waals surface area (Å²) in [6.45, 7) is 9.39. The summed E-state index contributed by atoms with van der Waals surface area (Å²) in [5.41, 5.74) is 0.383. The summed E-state index contributed by atoms with van der Waals surface area (Å²) in [6.07, 6.45) is 0.0214. The van der Waals surface area contributed by atoms with E-state index >= 15 is 0 Å². The van der Waals surface area contributed by atoms with Crippen molar-refractivity contribution in [3.63, 3.8) is 0 Å². The summed E-state index contributed by atoms with van der Waals surface area (Å²) in [4.78, 5) is 4.47. The second-order valence-electron chi connectivity index (χ2n) is 7.93. The molecule has 1 aromatic carbocycles. The lowest BCUT2D eigenvalue weighted by molar-refractivity contribution is 0.412. The normalized spacial score (nSPS) is 16.9. The molecule has 124 valence electrons. The van der Waals surface area contributed by atoms with Gasteiger partial charge in [-0.3, -0.25) is 4.98 Å². The Balaban J connectivity index is 2.83. The number of hydrogen-bond acceptors (Lipinski definition) is 1. The number of halogens is 1. The van der Waals surface area contributed by atoms with Gasteiger partial charge in [-0.15, -0.1) is 0 Å². The van der Waals surface area contributed by atoms with Crippen molar-refractivity contribution in [1.29, 1.82) is 0 Å². The van der Waals surface area contributed by atoms with E-state index in [9.17, 15) is 4.39 Å². The zero-order chi connectivity index (χ0) is 21.7. The van der Waals surface area contributed by atoms with Crippen LogP contribution in [0.15, 0.2) is 30.5 Å². The van der Waals surface area contributed by atoms with E-state index in [1.54, 1.807) is 12.3 Å². The first kappa shape index (κ1) is 12.0. The van der Waals surface area contributed by atoms with Crippen molar-refractivity contribution in [2.45, 2.75) is 53.6 Å². The molecule has 0 spiro atoms. The summed E-state index contributed by atoms with van der Waals surface area (Å²) in [5, 5.41) is 0.897. The van der Waals surface area contributed by atoms with E-state index in [-0.39, 0.29) is 5.56 Å². The van der Waals surface area contributed by atoms with E-state index in [0.717, 1.165) is 11.3 Å². The second-order valence-corrected chi connectivity index (χ2v) is 13.0. The van der Waals surface area contributed by atoms with Gasteiger partial charge in [0.15, 0.2) is 0 Å². The Labute approximate surface area is 148 Å². The molecule has 2 rings (SSSR count). The Morgan fingerprint density at radius 1 is 1.22 bits per heavy atom. The molecule has 0 radical (unpaired) electrons. The van der Waals surface area contributed by atoms with Crippen molar-refractivity contribution in [3.8, 4) is 11.3 Å². The maximum atomic E-state index is 13.7. The first-order chi connectivity index (χ1) is 12.5. The van der Waals surface area contributed by atoms with Gasteiger partial charge in [-0.05, 0) is 59.2 Å². The number of rotatable bonds is 3. The molecule has 0 fully saturated rings. The molecule has 2 aromatic rings. The number of pyridine rings is 1. The highest BCUT2D eigenvalue weighted by molar-refractivity contribution is 6.89. The maximum absolute atomic E-state index is 13.7. The molecule has 0 amide bonds. The molecule has 3 heteroatoms. The van der Waals surface area contributed by atoms with Crippen LogP contribution < -0.4 is 5.19 Å². The van der Waals surface area contributed by atoms with E-state index < -0.39 is 32.5 Å². The lowest BCUT2D eigenvalue weighted by atomic mass is 9.88. The number of nitrogens with zero attached hydrogens (tertiary/aromatic N) is 1. The summed E-state index contributed by atoms with van der Waals surface area (Å²) < 4.78 is 54.6. The number of hydrogen-bond donors (Lipinski definition) is 0. The third kappa shape index (κ3) is 4.50. The standard InChI is InChI=1S/C20H28FNSi/c1-14-10-16(21)8-9-17(14)18-11-15(12-20(2,3)4)19(13-22-18)23(5,6)7/h8-11,13H,12H2,1-7H3/i1D3,12D2. The van der Waals surface area contributed by atoms with E-state index in [1.807, 2.05) is 20.8 Å². The van der Waals surface area contributed by atoms with Crippen LogP contribution in [0, 0.1) is 18.1 Å². The van der Waals surface area contributed by atoms with E-state index in [0.29, 0.717) is 16.8 Å². The van der Waals surface area contributed by atoms with Crippen molar-refractivity contribution in [2.24, 2.45) is 5.41 Å². The van der Waals surface area contributed by atoms with Crippen LogP contribution in [0.2, 0.25) is 19.6 Å². The van der Waals surface area contributed by atoms with Gasteiger partial charge in [0.2, 0.25) is 0 Å². The molecule has 0 unspecified atom stereocenters. The zero-order valence-corrected chi connectivity index (χ0v) is 15.7. The van der Waals surface area contributed by atoms with Crippen LogP contribution in [-0.4, -0.2) is 13.1 Å². The van der Waals surface area contributed by atoms with Crippen molar-refractivity contribution in [2.75, 3.05) is 0 Å². The molecule has 0 aliphatic carbocycles. The number of benzene rings is 1. The lowest BCUT2D eigenvalue weighted by Gasteiger charge is -2.26. The summed E-state index contributed by atoms with van der Waals surface area (Å²) in [6, 6.07) is 5.27. The molecule has 1 nitrogen and oxygen atoms in total. The molecule has 0 N–H and O–H groups in total. The minimum Gasteiger partial charge on any atom is -0.256 e. The first-order valence-corrected chi connectivity index (χ1v) is 11.3. The Morgan fingerprint density at radius 3 is 2.48 bits per heavy atom. The van der Waals surface area contributed by atoms with Gasteiger partial charge < -0.3 is 0 Å². The third-order valence-corrected chi connectivity index (χ3v) is 5.49. The van der Waals surface area contributed by atoms with Gasteiger partial charge >= 0.3 is 0 Å². The third-order valence-electron chi connectivity index (χ3n) is 3.48. The lowest BCUT2D eigenvalue weighted by Crippen LogP contribution is -2.41. The molecule has 0 saturated heterocycles. The average Bonchev–Trinajstić information content (AvgIpc) is 2.51. The first-order valence-electron chi connectivity index (χ1n) is 10.3. The van der Waals surface area contributed by atoms with Gasteiger partial charge in [0.05, 0.1) is 13.8 Å². The summed E-state index contributed by atoms with van der Waals surface area (Å²) >= 11 is 0. The fourth-order valence-electron chi connectivity index (χ4n) is 2.45. The Kier molecular flexibility index (Phi) is 3.22. The number of aromatic nitrogens is 1. The van der Waals surface area contributed by atoms with Crippen LogP contribution >= 0.6 is 0 Å². The minimum absolute atomic E-state index is 0.122. The van der Waals surface area contributed by atoms with Crippen molar-refractivity contribution < 1.29 is 11.2 Å². The Hall–Kier alpha value is -1.48. The zero-order valence-electron chi connectivity index (χ0n) is 19.7. The smallest absolute Gasteiger partial charge is 0.123 e. The van der Waals surface area contributed by atoms with Crippen molar-refractivity contribution >= 4 is 13.3 Å². The molecule has 0 aliphatic heterocycles. The monoisotopic (exact) mass is 334 g/mol. The van der Waals surface area contributed by atoms with Gasteiger partial charge in [0.1, 0.15) is 5.82 Å². The molecule has 0 bridgehead atoms. The van der Waals surface area contributed by atoms with Crippen molar-refractivity contribution in [3.05, 3.63) is 47.4 Å². The predicted octanol–water partition coefficient (Wildman–Crippen LogP) is 5.33. The highest BCUT2D eigenvalue weighted by atomic mass is 28.3. The number of aryl methyl sites for hydroxylation is 1. The van der Waals surface area contributed by atoms with Gasteiger partial charge in [0, 0.05) is 18.6 Å². The summed E-state index contributed by atoms with van der Waals surface area (Å²) in [5.74, 6) is -0.626. The average molecular weight is 335 g/mol. The molecular formula is C20H28FNSi. The van der Waals surface area contributed by atoms with Gasteiger partial charge in [-0.25, -0.2) is 4.39 Å². The predicted molar refractivity (Wildman–Crippen MR) is 101 cm³/mol. The molecule has 0 saturated carbocycles. The van der Waals surface area contributed by atoms with E-state index in [2.05, 4.69) is 24.6 Å². The largest absolute Gasteiger partial charge is 0.256 e. The fraction of sp³-hybridized carbons (Fsp3) is 0.450. The van der Waals surface area contributed by atoms with E-state index in [1.165, 1.54) is 12.1 Å². The summed E-state index contributed by atoms with van der Waals surface area (Å²) in [7, 11) is -1.92. The van der Waals surface area contributed by atoms with Crippen LogP contribution in [0.3, 0.4) is 0 Å². The van der Waals surface area contributed by atoms with Crippen LogP contribution in [0.4, 0.5) is 4.39 Å². The molecule has 1 heterocycles. The molecular weight excluding hydrogens is 301 g/mol. The highest BCUT2D eigenvalue weighted by Crippen LogP contribution is 2.26.